The van der Waals surface area contributed by atoms with Crippen LogP contribution in [0.1, 0.15) is 0 Å². The minimum atomic E-state index is -0.282. The quantitative estimate of drug-likeness (QED) is 0.495. The van der Waals surface area contributed by atoms with Crippen LogP contribution in [0.25, 0.3) is 0 Å². The number of hydrogen-bond acceptors (Lipinski definition) is 6. The zero-order valence-electron chi connectivity index (χ0n) is 15.5. The van der Waals surface area contributed by atoms with Crippen LogP contribution in [0.5, 0.6) is 10.8 Å². The predicted octanol–water partition coefficient (Wildman–Crippen LogP) is 5.83. The first-order chi connectivity index (χ1) is 13.4. The van der Waals surface area contributed by atoms with Gasteiger partial charge in [0.15, 0.2) is 5.13 Å². The third-order valence-electron chi connectivity index (χ3n) is 3.51. The van der Waals surface area contributed by atoms with E-state index in [0.717, 1.165) is 10.6 Å². The lowest BCUT2D eigenvalue weighted by atomic mass is 10.3. The van der Waals surface area contributed by atoms with Crippen molar-refractivity contribution in [1.82, 2.24) is 9.29 Å². The molecule has 0 aliphatic carbocycles. The zero-order valence-corrected chi connectivity index (χ0v) is 17.9. The molecule has 3 rings (SSSR count). The van der Waals surface area contributed by atoms with Crippen LogP contribution in [0.2, 0.25) is 5.02 Å². The number of ether oxygens (including phenoxy) is 1. The fraction of sp³-hybridized carbons (Fsp3) is 0.158. The summed E-state index contributed by atoms with van der Waals surface area (Å²) in [6, 6.07) is 14.6. The van der Waals surface area contributed by atoms with Crippen molar-refractivity contribution >= 4 is 51.7 Å². The SMILES string of the molecule is CN(C)Sc1cccc(N(C)C(=O)Nc2ncc(Oc3cccc(Cl)c3)s2)c1. The largest absolute Gasteiger partial charge is 0.445 e. The molecular weight excluding hydrogens is 416 g/mol. The number of carbonyl (C=O) groups is 1. The summed E-state index contributed by atoms with van der Waals surface area (Å²) in [5, 5.41) is 4.39. The number of amides is 2. The molecule has 0 unspecified atom stereocenters. The van der Waals surface area contributed by atoms with Gasteiger partial charge in [-0.15, -0.1) is 0 Å². The average Bonchev–Trinajstić information content (AvgIpc) is 3.07. The van der Waals surface area contributed by atoms with Gasteiger partial charge in [0.2, 0.25) is 5.06 Å². The highest BCUT2D eigenvalue weighted by atomic mass is 35.5. The van der Waals surface area contributed by atoms with Gasteiger partial charge in [-0.25, -0.2) is 9.78 Å². The number of anilines is 2. The van der Waals surface area contributed by atoms with Crippen LogP contribution in [-0.4, -0.2) is 36.5 Å². The van der Waals surface area contributed by atoms with Crippen molar-refractivity contribution in [3.05, 3.63) is 59.8 Å². The number of nitrogens with one attached hydrogen (secondary N) is 1. The van der Waals surface area contributed by atoms with E-state index in [2.05, 4.69) is 10.3 Å². The van der Waals surface area contributed by atoms with Gasteiger partial charge in [0.25, 0.3) is 0 Å². The standard InChI is InChI=1S/C19H19ClN4O2S2/c1-23(2)28-16-9-5-7-14(11-16)24(3)19(25)22-18-21-12-17(27-18)26-15-8-4-6-13(20)10-15/h4-12H,1-3H3,(H,21,22,25). The number of benzene rings is 2. The van der Waals surface area contributed by atoms with Gasteiger partial charge in [0, 0.05) is 22.7 Å². The highest BCUT2D eigenvalue weighted by Gasteiger charge is 2.14. The van der Waals surface area contributed by atoms with Crippen molar-refractivity contribution < 1.29 is 9.53 Å². The van der Waals surface area contributed by atoms with Crippen LogP contribution < -0.4 is 15.0 Å². The Morgan fingerprint density at radius 2 is 1.96 bits per heavy atom. The van der Waals surface area contributed by atoms with E-state index in [0.29, 0.717) is 21.0 Å². The summed E-state index contributed by atoms with van der Waals surface area (Å²) in [5.41, 5.74) is 0.788. The summed E-state index contributed by atoms with van der Waals surface area (Å²) >= 11 is 8.79. The van der Waals surface area contributed by atoms with Gasteiger partial charge < -0.3 is 4.74 Å². The van der Waals surface area contributed by atoms with Gasteiger partial charge in [-0.1, -0.05) is 35.1 Å². The van der Waals surface area contributed by atoms with Gasteiger partial charge in [-0.2, -0.15) is 0 Å². The van der Waals surface area contributed by atoms with E-state index in [-0.39, 0.29) is 6.03 Å². The normalized spacial score (nSPS) is 10.8. The molecular formula is C19H19ClN4O2S2. The molecule has 3 aromatic rings. The van der Waals surface area contributed by atoms with Crippen LogP contribution in [-0.2, 0) is 0 Å². The lowest BCUT2D eigenvalue weighted by Gasteiger charge is -2.18. The van der Waals surface area contributed by atoms with Crippen LogP contribution in [0.15, 0.2) is 59.6 Å². The molecule has 0 aliphatic heterocycles. The first-order valence-corrected chi connectivity index (χ1v) is 10.3. The molecule has 2 amide bonds. The van der Waals surface area contributed by atoms with Gasteiger partial charge in [0.05, 0.1) is 6.20 Å². The summed E-state index contributed by atoms with van der Waals surface area (Å²) in [6.07, 6.45) is 1.57. The van der Waals surface area contributed by atoms with Crippen molar-refractivity contribution in [2.24, 2.45) is 0 Å². The maximum absolute atomic E-state index is 12.6. The molecule has 1 aromatic heterocycles. The molecule has 1 N–H and O–H groups in total. The average molecular weight is 435 g/mol. The molecule has 0 saturated heterocycles. The highest BCUT2D eigenvalue weighted by molar-refractivity contribution is 7.97. The molecule has 9 heteroatoms. The van der Waals surface area contributed by atoms with Gasteiger partial charge >= 0.3 is 6.03 Å². The second kappa shape index (κ2) is 9.29. The van der Waals surface area contributed by atoms with E-state index in [9.17, 15) is 4.79 Å². The molecule has 1 heterocycles. The van der Waals surface area contributed by atoms with Crippen LogP contribution in [0, 0.1) is 0 Å². The van der Waals surface area contributed by atoms with Crippen molar-refractivity contribution in [3.8, 4) is 10.8 Å². The summed E-state index contributed by atoms with van der Waals surface area (Å²) in [7, 11) is 5.66. The fourth-order valence-corrected chi connectivity index (χ4v) is 3.86. The number of halogens is 1. The smallest absolute Gasteiger partial charge is 0.327 e. The third-order valence-corrected chi connectivity index (χ3v) is 5.37. The van der Waals surface area contributed by atoms with Gasteiger partial charge in [-0.05, 0) is 62.4 Å². The molecule has 0 bridgehead atoms. The Balaban J connectivity index is 1.64. The maximum Gasteiger partial charge on any atom is 0.327 e. The minimum Gasteiger partial charge on any atom is -0.445 e. The number of urea groups is 1. The number of rotatable bonds is 6. The Bertz CT molecular complexity index is 964. The topological polar surface area (TPSA) is 57.7 Å². The van der Waals surface area contributed by atoms with E-state index in [1.807, 2.05) is 42.7 Å². The summed E-state index contributed by atoms with van der Waals surface area (Å²) < 4.78 is 7.71. The summed E-state index contributed by atoms with van der Waals surface area (Å²) in [6.45, 7) is 0. The van der Waals surface area contributed by atoms with Crippen LogP contribution in [0.4, 0.5) is 15.6 Å². The molecule has 0 aliphatic rings. The number of nitrogens with zero attached hydrogens (tertiary/aromatic N) is 3. The Morgan fingerprint density at radius 3 is 2.71 bits per heavy atom. The first kappa shape index (κ1) is 20.5. The summed E-state index contributed by atoms with van der Waals surface area (Å²) in [4.78, 5) is 19.4. The molecule has 0 spiro atoms. The number of hydrogen-bond donors (Lipinski definition) is 1. The third kappa shape index (κ3) is 5.62. The van der Waals surface area contributed by atoms with Crippen molar-refractivity contribution in [2.45, 2.75) is 4.90 Å². The van der Waals surface area contributed by atoms with E-state index >= 15 is 0 Å². The monoisotopic (exact) mass is 434 g/mol. The molecule has 0 saturated carbocycles. The van der Waals surface area contributed by atoms with E-state index in [1.165, 1.54) is 11.3 Å². The minimum absolute atomic E-state index is 0.282. The van der Waals surface area contributed by atoms with Crippen molar-refractivity contribution in [3.63, 3.8) is 0 Å². The Hall–Kier alpha value is -2.26. The van der Waals surface area contributed by atoms with E-state index < -0.39 is 0 Å². The lowest BCUT2D eigenvalue weighted by molar-refractivity contribution is 0.258. The van der Waals surface area contributed by atoms with E-state index in [1.54, 1.807) is 54.4 Å². The molecule has 6 nitrogen and oxygen atoms in total. The molecule has 0 fully saturated rings. The number of carbonyl (C=O) groups excluding carboxylic acids is 1. The van der Waals surface area contributed by atoms with Gasteiger partial charge in [0.1, 0.15) is 5.75 Å². The highest BCUT2D eigenvalue weighted by Crippen LogP contribution is 2.31. The van der Waals surface area contributed by atoms with Crippen molar-refractivity contribution in [2.75, 3.05) is 31.4 Å². The second-order valence-electron chi connectivity index (χ2n) is 5.93. The lowest BCUT2D eigenvalue weighted by Crippen LogP contribution is -2.31. The van der Waals surface area contributed by atoms with Crippen LogP contribution in [0.3, 0.4) is 0 Å². The molecule has 0 atom stereocenters. The summed E-state index contributed by atoms with van der Waals surface area (Å²) in [5.74, 6) is 0.612. The first-order valence-electron chi connectivity index (χ1n) is 8.30. The Morgan fingerprint density at radius 1 is 1.18 bits per heavy atom. The molecule has 146 valence electrons. The number of thiazole rings is 1. The number of aromatic nitrogens is 1. The molecule has 28 heavy (non-hydrogen) atoms. The Labute approximate surface area is 177 Å². The zero-order chi connectivity index (χ0) is 20.1. The maximum atomic E-state index is 12.6. The molecule has 0 radical (unpaired) electrons. The van der Waals surface area contributed by atoms with E-state index in [4.69, 9.17) is 16.3 Å². The fourth-order valence-electron chi connectivity index (χ4n) is 2.26. The van der Waals surface area contributed by atoms with Crippen molar-refractivity contribution in [1.29, 1.82) is 0 Å². The predicted molar refractivity (Wildman–Crippen MR) is 117 cm³/mol. The Kier molecular flexibility index (Phi) is 6.79. The molecule has 2 aromatic carbocycles. The van der Waals surface area contributed by atoms with Gasteiger partial charge in [-0.3, -0.25) is 14.5 Å². The van der Waals surface area contributed by atoms with Crippen LogP contribution >= 0.6 is 34.9 Å². The second-order valence-corrected chi connectivity index (χ2v) is 8.75.